The predicted octanol–water partition coefficient (Wildman–Crippen LogP) is 1.94. The van der Waals surface area contributed by atoms with Gasteiger partial charge in [-0.25, -0.2) is 0 Å². The van der Waals surface area contributed by atoms with Crippen LogP contribution in [0.1, 0.15) is 43.0 Å². The summed E-state index contributed by atoms with van der Waals surface area (Å²) in [5, 5.41) is 13.3. The average molecular weight is 262 g/mol. The zero-order chi connectivity index (χ0) is 13.9. The van der Waals surface area contributed by atoms with E-state index < -0.39 is 5.60 Å². The third-order valence-corrected chi connectivity index (χ3v) is 3.85. The van der Waals surface area contributed by atoms with Crippen molar-refractivity contribution in [3.05, 3.63) is 29.8 Å². The molecule has 0 heterocycles. The minimum atomic E-state index is -0.767. The van der Waals surface area contributed by atoms with Gasteiger partial charge in [0.15, 0.2) is 0 Å². The second-order valence-electron chi connectivity index (χ2n) is 5.70. The van der Waals surface area contributed by atoms with Crippen molar-refractivity contribution < 1.29 is 9.90 Å². The predicted molar refractivity (Wildman–Crippen MR) is 75.8 cm³/mol. The van der Waals surface area contributed by atoms with E-state index >= 15 is 0 Å². The average Bonchev–Trinajstić information content (AvgIpc) is 2.36. The van der Waals surface area contributed by atoms with Crippen molar-refractivity contribution in [1.82, 2.24) is 5.32 Å². The van der Waals surface area contributed by atoms with Gasteiger partial charge in [-0.3, -0.25) is 4.79 Å². The van der Waals surface area contributed by atoms with E-state index in [4.69, 9.17) is 5.73 Å². The van der Waals surface area contributed by atoms with Crippen LogP contribution < -0.4 is 11.1 Å². The standard InChI is InChI=1S/C15H22N2O2/c1-11-5-4-8-15(19,9-11)10-17-14(18)12-6-2-3-7-13(12)16/h2-3,6-7,11,19H,4-5,8-10,16H2,1H3,(H,17,18). The lowest BCUT2D eigenvalue weighted by atomic mass is 9.79. The molecule has 0 radical (unpaired) electrons. The molecule has 1 aromatic rings. The summed E-state index contributed by atoms with van der Waals surface area (Å²) in [7, 11) is 0. The summed E-state index contributed by atoms with van der Waals surface area (Å²) >= 11 is 0. The number of nitrogens with one attached hydrogen (secondary N) is 1. The molecule has 1 fully saturated rings. The van der Waals surface area contributed by atoms with E-state index in [0.717, 1.165) is 25.7 Å². The van der Waals surface area contributed by atoms with Crippen molar-refractivity contribution in [2.45, 2.75) is 38.2 Å². The Kier molecular flexibility index (Phi) is 4.10. The summed E-state index contributed by atoms with van der Waals surface area (Å²) in [6.45, 7) is 2.44. The Balaban J connectivity index is 1.95. The van der Waals surface area contributed by atoms with Gasteiger partial charge in [-0.15, -0.1) is 0 Å². The highest BCUT2D eigenvalue weighted by Crippen LogP contribution is 2.31. The van der Waals surface area contributed by atoms with Crippen molar-refractivity contribution in [2.24, 2.45) is 5.92 Å². The van der Waals surface area contributed by atoms with Crippen LogP contribution in [0.2, 0.25) is 0 Å². The van der Waals surface area contributed by atoms with Crippen LogP contribution in [0.15, 0.2) is 24.3 Å². The summed E-state index contributed by atoms with van der Waals surface area (Å²) in [6.07, 6.45) is 3.67. The quantitative estimate of drug-likeness (QED) is 0.729. The van der Waals surface area contributed by atoms with E-state index in [1.165, 1.54) is 0 Å². The number of para-hydroxylation sites is 1. The molecule has 1 saturated carbocycles. The molecule has 2 unspecified atom stereocenters. The van der Waals surface area contributed by atoms with Crippen LogP contribution in [0.25, 0.3) is 0 Å². The lowest BCUT2D eigenvalue weighted by Gasteiger charge is -2.35. The van der Waals surface area contributed by atoms with Gasteiger partial charge in [0.1, 0.15) is 0 Å². The number of carbonyl (C=O) groups excluding carboxylic acids is 1. The molecule has 0 spiro atoms. The molecule has 4 heteroatoms. The molecule has 2 atom stereocenters. The van der Waals surface area contributed by atoms with Gasteiger partial charge in [0.05, 0.1) is 11.2 Å². The number of nitrogens with two attached hydrogens (primary N) is 1. The molecular formula is C15H22N2O2. The van der Waals surface area contributed by atoms with Crippen LogP contribution >= 0.6 is 0 Å². The fourth-order valence-corrected chi connectivity index (χ4v) is 2.84. The maximum Gasteiger partial charge on any atom is 0.253 e. The van der Waals surface area contributed by atoms with Gasteiger partial charge < -0.3 is 16.2 Å². The maximum atomic E-state index is 12.0. The Labute approximate surface area is 114 Å². The van der Waals surface area contributed by atoms with Crippen LogP contribution in [-0.2, 0) is 0 Å². The first-order valence-electron chi connectivity index (χ1n) is 6.85. The molecule has 1 aliphatic carbocycles. The smallest absolute Gasteiger partial charge is 0.253 e. The number of aliphatic hydroxyl groups is 1. The molecule has 0 aromatic heterocycles. The summed E-state index contributed by atoms with van der Waals surface area (Å²) in [6, 6.07) is 6.97. The fraction of sp³-hybridized carbons (Fsp3) is 0.533. The van der Waals surface area contributed by atoms with Crippen LogP contribution in [0, 0.1) is 5.92 Å². The fourth-order valence-electron chi connectivity index (χ4n) is 2.84. The Morgan fingerprint density at radius 3 is 2.95 bits per heavy atom. The number of amides is 1. The third-order valence-electron chi connectivity index (χ3n) is 3.85. The normalized spacial score (nSPS) is 26.9. The van der Waals surface area contributed by atoms with Gasteiger partial charge in [-0.05, 0) is 30.9 Å². The lowest BCUT2D eigenvalue weighted by molar-refractivity contribution is -0.0109. The number of nitrogen functional groups attached to an aromatic ring is 1. The minimum absolute atomic E-state index is 0.218. The molecule has 4 nitrogen and oxygen atoms in total. The molecule has 1 aromatic carbocycles. The molecule has 4 N–H and O–H groups in total. The molecule has 1 amide bonds. The Hall–Kier alpha value is -1.55. The van der Waals surface area contributed by atoms with Crippen LogP contribution in [0.3, 0.4) is 0 Å². The van der Waals surface area contributed by atoms with Gasteiger partial charge in [-0.1, -0.05) is 31.9 Å². The minimum Gasteiger partial charge on any atom is -0.398 e. The molecule has 19 heavy (non-hydrogen) atoms. The molecular weight excluding hydrogens is 240 g/mol. The number of hydrogen-bond acceptors (Lipinski definition) is 3. The second kappa shape index (κ2) is 5.61. The monoisotopic (exact) mass is 262 g/mol. The summed E-state index contributed by atoms with van der Waals surface area (Å²) in [5.41, 5.74) is 5.92. The highest BCUT2D eigenvalue weighted by Gasteiger charge is 2.32. The number of rotatable bonds is 3. The largest absolute Gasteiger partial charge is 0.398 e. The first-order valence-corrected chi connectivity index (χ1v) is 6.85. The van der Waals surface area contributed by atoms with Crippen molar-refractivity contribution >= 4 is 11.6 Å². The Morgan fingerprint density at radius 1 is 1.53 bits per heavy atom. The van der Waals surface area contributed by atoms with E-state index in [1.54, 1.807) is 24.3 Å². The molecule has 2 rings (SSSR count). The third kappa shape index (κ3) is 3.47. The van der Waals surface area contributed by atoms with E-state index in [-0.39, 0.29) is 5.91 Å². The molecule has 1 aliphatic rings. The van der Waals surface area contributed by atoms with Gasteiger partial charge in [0.25, 0.3) is 5.91 Å². The van der Waals surface area contributed by atoms with Crippen LogP contribution in [0.4, 0.5) is 5.69 Å². The number of hydrogen-bond donors (Lipinski definition) is 3. The van der Waals surface area contributed by atoms with E-state index in [1.807, 2.05) is 0 Å². The summed E-state index contributed by atoms with van der Waals surface area (Å²) < 4.78 is 0. The summed E-state index contributed by atoms with van der Waals surface area (Å²) in [5.74, 6) is 0.294. The topological polar surface area (TPSA) is 75.3 Å². The van der Waals surface area contributed by atoms with Gasteiger partial charge in [0.2, 0.25) is 0 Å². The zero-order valence-electron chi connectivity index (χ0n) is 11.4. The first-order chi connectivity index (χ1) is 9.00. The zero-order valence-corrected chi connectivity index (χ0v) is 11.4. The van der Waals surface area contributed by atoms with Crippen molar-refractivity contribution in [2.75, 3.05) is 12.3 Å². The SMILES string of the molecule is CC1CCCC(O)(CNC(=O)c2ccccc2N)C1. The number of anilines is 1. The van der Waals surface area contributed by atoms with Gasteiger partial charge >= 0.3 is 0 Å². The van der Waals surface area contributed by atoms with Gasteiger partial charge in [-0.2, -0.15) is 0 Å². The van der Waals surface area contributed by atoms with Crippen LogP contribution in [-0.4, -0.2) is 23.2 Å². The second-order valence-corrected chi connectivity index (χ2v) is 5.70. The van der Waals surface area contributed by atoms with E-state index in [0.29, 0.717) is 23.7 Å². The lowest BCUT2D eigenvalue weighted by Crippen LogP contribution is -2.45. The Morgan fingerprint density at radius 2 is 2.26 bits per heavy atom. The molecule has 0 bridgehead atoms. The summed E-state index contributed by atoms with van der Waals surface area (Å²) in [4.78, 5) is 12.0. The van der Waals surface area contributed by atoms with Crippen molar-refractivity contribution in [1.29, 1.82) is 0 Å². The molecule has 0 aliphatic heterocycles. The van der Waals surface area contributed by atoms with Crippen molar-refractivity contribution in [3.8, 4) is 0 Å². The molecule has 104 valence electrons. The Bertz CT molecular complexity index is 461. The van der Waals surface area contributed by atoms with Gasteiger partial charge in [0, 0.05) is 12.2 Å². The van der Waals surface area contributed by atoms with E-state index in [2.05, 4.69) is 12.2 Å². The number of carbonyl (C=O) groups is 1. The highest BCUT2D eigenvalue weighted by molar-refractivity contribution is 5.99. The van der Waals surface area contributed by atoms with Crippen LogP contribution in [0.5, 0.6) is 0 Å². The first kappa shape index (κ1) is 13.9. The number of benzene rings is 1. The maximum absolute atomic E-state index is 12.0. The van der Waals surface area contributed by atoms with E-state index in [9.17, 15) is 9.90 Å². The molecule has 0 saturated heterocycles. The van der Waals surface area contributed by atoms with Crippen molar-refractivity contribution in [3.63, 3.8) is 0 Å². The highest BCUT2D eigenvalue weighted by atomic mass is 16.3.